The number of amides is 1. The highest BCUT2D eigenvalue weighted by Crippen LogP contribution is 2.28. The second-order valence-corrected chi connectivity index (χ2v) is 9.13. The summed E-state index contributed by atoms with van der Waals surface area (Å²) in [5.41, 5.74) is 5.63. The Morgan fingerprint density at radius 3 is 2.71 bits per heavy atom. The molecule has 9 heteroatoms. The Balaban J connectivity index is 1.24. The van der Waals surface area contributed by atoms with Crippen LogP contribution in [0.25, 0.3) is 16.7 Å². The molecule has 1 aliphatic carbocycles. The number of hydrogen-bond acceptors (Lipinski definition) is 5. The number of aromatic nitrogens is 4. The minimum atomic E-state index is -0.296. The first-order valence-electron chi connectivity index (χ1n) is 12.1. The van der Waals surface area contributed by atoms with Gasteiger partial charge in [0, 0.05) is 30.0 Å². The van der Waals surface area contributed by atoms with E-state index in [2.05, 4.69) is 20.3 Å². The summed E-state index contributed by atoms with van der Waals surface area (Å²) in [6, 6.07) is 11.9. The molecule has 0 spiro atoms. The summed E-state index contributed by atoms with van der Waals surface area (Å²) in [5, 5.41) is 7.68. The molecule has 0 bridgehead atoms. The summed E-state index contributed by atoms with van der Waals surface area (Å²) in [7, 11) is 0. The van der Waals surface area contributed by atoms with Crippen molar-refractivity contribution in [1.82, 2.24) is 24.6 Å². The predicted octanol–water partition coefficient (Wildman–Crippen LogP) is 3.85. The molecule has 180 valence electrons. The number of H-pyrrole nitrogens is 1. The summed E-state index contributed by atoms with van der Waals surface area (Å²) in [4.78, 5) is 23.7. The molecule has 1 saturated heterocycles. The van der Waals surface area contributed by atoms with Gasteiger partial charge in [-0.2, -0.15) is 5.10 Å². The normalized spacial score (nSPS) is 16.4. The SMILES string of the molecule is O=C(Nc1ccc2nc(CN3CCOCC3)[nH]c2c1)c1nn(-c2ccc(F)cc2)c2c1CCCC2. The van der Waals surface area contributed by atoms with E-state index < -0.39 is 0 Å². The molecule has 2 N–H and O–H groups in total. The summed E-state index contributed by atoms with van der Waals surface area (Å²) < 4.78 is 20.6. The molecule has 6 rings (SSSR count). The van der Waals surface area contributed by atoms with E-state index in [1.54, 1.807) is 16.8 Å². The number of rotatable bonds is 5. The number of ether oxygens (including phenoxy) is 1. The van der Waals surface area contributed by atoms with Gasteiger partial charge in [-0.15, -0.1) is 0 Å². The van der Waals surface area contributed by atoms with E-state index in [0.717, 1.165) is 92.3 Å². The standard InChI is InChI=1S/C26H27FN6O2/c27-17-5-8-19(9-6-17)33-23-4-2-1-3-20(23)25(31-33)26(34)28-18-7-10-21-22(15-18)30-24(29-21)16-32-11-13-35-14-12-32/h5-10,15H,1-4,11-14,16H2,(H,28,34)(H,29,30). The molecular weight excluding hydrogens is 447 g/mol. The van der Waals surface area contributed by atoms with Crippen molar-refractivity contribution in [2.24, 2.45) is 0 Å². The molecule has 4 aromatic rings. The lowest BCUT2D eigenvalue weighted by Gasteiger charge is -2.25. The van der Waals surface area contributed by atoms with Crippen molar-refractivity contribution in [2.45, 2.75) is 32.2 Å². The summed E-state index contributed by atoms with van der Waals surface area (Å²) in [6.07, 6.45) is 3.72. The molecule has 0 unspecified atom stereocenters. The fourth-order valence-electron chi connectivity index (χ4n) is 4.95. The van der Waals surface area contributed by atoms with Crippen molar-refractivity contribution in [3.63, 3.8) is 0 Å². The van der Waals surface area contributed by atoms with Crippen molar-refractivity contribution in [1.29, 1.82) is 0 Å². The number of hydrogen-bond donors (Lipinski definition) is 2. The maximum atomic E-state index is 13.4. The molecule has 2 aliphatic rings. The van der Waals surface area contributed by atoms with Crippen molar-refractivity contribution >= 4 is 22.6 Å². The van der Waals surface area contributed by atoms with Crippen molar-refractivity contribution in [2.75, 3.05) is 31.6 Å². The zero-order valence-electron chi connectivity index (χ0n) is 19.4. The zero-order chi connectivity index (χ0) is 23.8. The number of aromatic amines is 1. The number of nitrogens with one attached hydrogen (secondary N) is 2. The van der Waals surface area contributed by atoms with E-state index in [0.29, 0.717) is 11.4 Å². The molecule has 3 heterocycles. The van der Waals surface area contributed by atoms with E-state index in [4.69, 9.17) is 9.72 Å². The van der Waals surface area contributed by atoms with Crippen molar-refractivity contribution < 1.29 is 13.9 Å². The lowest BCUT2D eigenvalue weighted by Crippen LogP contribution is -2.35. The van der Waals surface area contributed by atoms with Gasteiger partial charge in [0.25, 0.3) is 5.91 Å². The van der Waals surface area contributed by atoms with E-state index in [9.17, 15) is 9.18 Å². The Bertz CT molecular complexity index is 1370. The average Bonchev–Trinajstić information content (AvgIpc) is 3.46. The fraction of sp³-hybridized carbons (Fsp3) is 0.346. The van der Waals surface area contributed by atoms with E-state index in [1.165, 1.54) is 12.1 Å². The van der Waals surface area contributed by atoms with Gasteiger partial charge in [0.2, 0.25) is 0 Å². The average molecular weight is 475 g/mol. The zero-order valence-corrected chi connectivity index (χ0v) is 19.4. The highest BCUT2D eigenvalue weighted by atomic mass is 19.1. The van der Waals surface area contributed by atoms with Crippen molar-refractivity contribution in [3.05, 3.63) is 71.1 Å². The molecule has 1 amide bonds. The topological polar surface area (TPSA) is 88.1 Å². The van der Waals surface area contributed by atoms with Gasteiger partial charge in [-0.1, -0.05) is 0 Å². The lowest BCUT2D eigenvalue weighted by atomic mass is 9.95. The Labute approximate surface area is 202 Å². The maximum Gasteiger partial charge on any atom is 0.276 e. The Morgan fingerprint density at radius 1 is 1.09 bits per heavy atom. The second-order valence-electron chi connectivity index (χ2n) is 9.13. The molecule has 0 radical (unpaired) electrons. The predicted molar refractivity (Wildman–Crippen MR) is 130 cm³/mol. The third-order valence-electron chi connectivity index (χ3n) is 6.73. The van der Waals surface area contributed by atoms with Crippen LogP contribution >= 0.6 is 0 Å². The summed E-state index contributed by atoms with van der Waals surface area (Å²) >= 11 is 0. The highest BCUT2D eigenvalue weighted by Gasteiger charge is 2.26. The molecule has 1 fully saturated rings. The number of carbonyl (C=O) groups excluding carboxylic acids is 1. The number of fused-ring (bicyclic) bond motifs is 2. The number of anilines is 1. The van der Waals surface area contributed by atoms with Gasteiger partial charge in [-0.05, 0) is 68.1 Å². The van der Waals surface area contributed by atoms with Crippen LogP contribution in [0.3, 0.4) is 0 Å². The van der Waals surface area contributed by atoms with Gasteiger partial charge < -0.3 is 15.0 Å². The fourth-order valence-corrected chi connectivity index (χ4v) is 4.95. The first-order valence-corrected chi connectivity index (χ1v) is 12.1. The van der Waals surface area contributed by atoms with Gasteiger partial charge in [0.15, 0.2) is 5.69 Å². The highest BCUT2D eigenvalue weighted by molar-refractivity contribution is 6.04. The first kappa shape index (κ1) is 21.9. The Hall–Kier alpha value is -3.56. The molecule has 1 aliphatic heterocycles. The second kappa shape index (κ2) is 9.24. The van der Waals surface area contributed by atoms with Crippen LogP contribution in [0.2, 0.25) is 0 Å². The monoisotopic (exact) mass is 474 g/mol. The van der Waals surface area contributed by atoms with Crippen LogP contribution in [0.4, 0.5) is 10.1 Å². The van der Waals surface area contributed by atoms with Gasteiger partial charge >= 0.3 is 0 Å². The molecule has 2 aromatic heterocycles. The number of nitrogens with zero attached hydrogens (tertiary/aromatic N) is 4. The summed E-state index contributed by atoms with van der Waals surface area (Å²) in [5.74, 6) is 0.365. The lowest BCUT2D eigenvalue weighted by molar-refractivity contribution is 0.0332. The Kier molecular flexibility index (Phi) is 5.79. The maximum absolute atomic E-state index is 13.4. The number of imidazole rings is 1. The molecule has 2 aromatic carbocycles. The van der Waals surface area contributed by atoms with Crippen LogP contribution < -0.4 is 5.32 Å². The van der Waals surface area contributed by atoms with Crippen LogP contribution in [-0.2, 0) is 24.1 Å². The van der Waals surface area contributed by atoms with Crippen LogP contribution in [0.5, 0.6) is 0 Å². The number of halogens is 1. The Morgan fingerprint density at radius 2 is 1.89 bits per heavy atom. The van der Waals surface area contributed by atoms with Crippen molar-refractivity contribution in [3.8, 4) is 5.69 Å². The quantitative estimate of drug-likeness (QED) is 0.459. The van der Waals surface area contributed by atoms with E-state index >= 15 is 0 Å². The van der Waals surface area contributed by atoms with Crippen LogP contribution in [0, 0.1) is 5.82 Å². The first-order chi connectivity index (χ1) is 17.1. The minimum absolute atomic E-state index is 0.239. The molecular formula is C26H27FN6O2. The van der Waals surface area contributed by atoms with Gasteiger partial charge in [-0.25, -0.2) is 14.1 Å². The van der Waals surface area contributed by atoms with Gasteiger partial charge in [0.1, 0.15) is 11.6 Å². The number of morpholine rings is 1. The molecule has 0 atom stereocenters. The molecule has 35 heavy (non-hydrogen) atoms. The van der Waals surface area contributed by atoms with Gasteiger partial charge in [-0.3, -0.25) is 9.69 Å². The summed E-state index contributed by atoms with van der Waals surface area (Å²) in [6.45, 7) is 4.03. The minimum Gasteiger partial charge on any atom is -0.379 e. The number of carbonyl (C=O) groups is 1. The largest absolute Gasteiger partial charge is 0.379 e. The van der Waals surface area contributed by atoms with Gasteiger partial charge in [0.05, 0.1) is 36.5 Å². The van der Waals surface area contributed by atoms with E-state index in [-0.39, 0.29) is 11.7 Å². The van der Waals surface area contributed by atoms with Crippen LogP contribution in [-0.4, -0.2) is 56.9 Å². The van der Waals surface area contributed by atoms with E-state index in [1.807, 2.05) is 18.2 Å². The third-order valence-corrected chi connectivity index (χ3v) is 6.73. The molecule has 0 saturated carbocycles. The smallest absolute Gasteiger partial charge is 0.276 e. The molecule has 8 nitrogen and oxygen atoms in total. The van der Waals surface area contributed by atoms with Crippen LogP contribution in [0.1, 0.15) is 40.4 Å². The third kappa shape index (κ3) is 4.44. The van der Waals surface area contributed by atoms with Crippen LogP contribution in [0.15, 0.2) is 42.5 Å². The number of benzene rings is 2.